The van der Waals surface area contributed by atoms with Gasteiger partial charge in [-0.05, 0) is 12.3 Å². The number of anilines is 1. The van der Waals surface area contributed by atoms with E-state index in [9.17, 15) is 0 Å². The normalized spacial score (nSPS) is 10.9. The maximum Gasteiger partial charge on any atom is 0.133 e. The van der Waals surface area contributed by atoms with Crippen LogP contribution in [-0.4, -0.2) is 36.5 Å². The Morgan fingerprint density at radius 2 is 2.18 bits per heavy atom. The van der Waals surface area contributed by atoms with Crippen LogP contribution in [0, 0.1) is 0 Å². The van der Waals surface area contributed by atoms with Gasteiger partial charge in [0.15, 0.2) is 0 Å². The van der Waals surface area contributed by atoms with E-state index < -0.39 is 0 Å². The smallest absolute Gasteiger partial charge is 0.133 e. The molecule has 0 saturated carbocycles. The number of nitrogens with one attached hydrogen (secondary N) is 1. The second kappa shape index (κ2) is 7.50. The molecule has 0 aromatic carbocycles. The van der Waals surface area contributed by atoms with Crippen LogP contribution in [0.25, 0.3) is 0 Å². The van der Waals surface area contributed by atoms with Crippen LogP contribution in [0.15, 0.2) is 11.4 Å². The van der Waals surface area contributed by atoms with E-state index in [4.69, 9.17) is 4.74 Å². The summed E-state index contributed by atoms with van der Waals surface area (Å²) in [5, 5.41) is 4.21. The monoisotopic (exact) mass is 255 g/mol. The predicted octanol–water partition coefficient (Wildman–Crippen LogP) is 2.77. The summed E-state index contributed by atoms with van der Waals surface area (Å²) in [6.45, 7) is 5.13. The van der Waals surface area contributed by atoms with Gasteiger partial charge in [-0.25, -0.2) is 9.97 Å². The summed E-state index contributed by atoms with van der Waals surface area (Å²) in [4.78, 5) is 8.64. The van der Waals surface area contributed by atoms with Gasteiger partial charge in [0.2, 0.25) is 0 Å². The van der Waals surface area contributed by atoms with Crippen molar-refractivity contribution in [2.24, 2.45) is 0 Å². The summed E-state index contributed by atoms with van der Waals surface area (Å²) in [6.07, 6.45) is 2.66. The third-order valence-corrected chi connectivity index (χ3v) is 3.48. The molecule has 4 nitrogen and oxygen atoms in total. The van der Waals surface area contributed by atoms with E-state index in [-0.39, 0.29) is 0 Å². The minimum Gasteiger partial charge on any atom is -0.385 e. The summed E-state index contributed by atoms with van der Waals surface area (Å²) in [7, 11) is 3.63. The molecule has 0 saturated heterocycles. The van der Waals surface area contributed by atoms with Crippen LogP contribution in [-0.2, 0) is 4.74 Å². The number of hydrogen-bond donors (Lipinski definition) is 1. The standard InChI is InChI=1S/C12H21N3OS/c1-9(2)10-11(13-3)14-8-15-12(10)17-7-5-6-16-4/h8-9H,5-7H2,1-4H3,(H,13,14,15). The van der Waals surface area contributed by atoms with Crippen LogP contribution >= 0.6 is 11.8 Å². The number of nitrogens with zero attached hydrogens (tertiary/aromatic N) is 2. The van der Waals surface area contributed by atoms with Crippen molar-refractivity contribution in [1.29, 1.82) is 0 Å². The Labute approximate surface area is 108 Å². The molecule has 1 aromatic heterocycles. The number of thioether (sulfide) groups is 1. The molecule has 5 heteroatoms. The summed E-state index contributed by atoms with van der Waals surface area (Å²) >= 11 is 1.77. The molecule has 0 aliphatic heterocycles. The van der Waals surface area contributed by atoms with Crippen LogP contribution in [0.2, 0.25) is 0 Å². The van der Waals surface area contributed by atoms with Gasteiger partial charge in [-0.15, -0.1) is 11.8 Å². The van der Waals surface area contributed by atoms with Crippen LogP contribution in [0.5, 0.6) is 0 Å². The van der Waals surface area contributed by atoms with Gasteiger partial charge in [-0.1, -0.05) is 13.8 Å². The molecule has 0 aliphatic rings. The van der Waals surface area contributed by atoms with E-state index in [0.29, 0.717) is 5.92 Å². The Balaban J connectivity index is 2.76. The zero-order valence-corrected chi connectivity index (χ0v) is 11.8. The fraction of sp³-hybridized carbons (Fsp3) is 0.667. The SMILES string of the molecule is CNc1ncnc(SCCCOC)c1C(C)C. The lowest BCUT2D eigenvalue weighted by molar-refractivity contribution is 0.200. The molecule has 1 aromatic rings. The van der Waals surface area contributed by atoms with Crippen molar-refractivity contribution in [3.63, 3.8) is 0 Å². The van der Waals surface area contributed by atoms with Crippen molar-refractivity contribution in [2.45, 2.75) is 31.2 Å². The number of ether oxygens (including phenoxy) is 1. The van der Waals surface area contributed by atoms with Crippen molar-refractivity contribution in [3.05, 3.63) is 11.9 Å². The first-order valence-electron chi connectivity index (χ1n) is 5.85. The first-order valence-corrected chi connectivity index (χ1v) is 6.83. The highest BCUT2D eigenvalue weighted by Crippen LogP contribution is 2.31. The lowest BCUT2D eigenvalue weighted by Gasteiger charge is -2.14. The van der Waals surface area contributed by atoms with Crippen LogP contribution in [0.4, 0.5) is 5.82 Å². The molecular formula is C12H21N3OS. The average Bonchev–Trinajstić information content (AvgIpc) is 2.33. The summed E-state index contributed by atoms with van der Waals surface area (Å²) in [5.41, 5.74) is 1.21. The summed E-state index contributed by atoms with van der Waals surface area (Å²) < 4.78 is 5.04. The van der Waals surface area contributed by atoms with E-state index >= 15 is 0 Å². The van der Waals surface area contributed by atoms with Crippen molar-refractivity contribution in [1.82, 2.24) is 9.97 Å². The first-order chi connectivity index (χ1) is 8.20. The third-order valence-electron chi connectivity index (χ3n) is 2.39. The molecule has 0 spiro atoms. The molecule has 0 amide bonds. The summed E-state index contributed by atoms with van der Waals surface area (Å²) in [6, 6.07) is 0. The molecule has 1 rings (SSSR count). The molecule has 0 unspecified atom stereocenters. The quantitative estimate of drug-likeness (QED) is 0.461. The minimum atomic E-state index is 0.420. The molecule has 0 atom stereocenters. The predicted molar refractivity (Wildman–Crippen MR) is 72.9 cm³/mol. The lowest BCUT2D eigenvalue weighted by Crippen LogP contribution is -2.04. The summed E-state index contributed by atoms with van der Waals surface area (Å²) in [5.74, 6) is 2.38. The van der Waals surface area contributed by atoms with Gasteiger partial charge in [0.05, 0.1) is 0 Å². The fourth-order valence-corrected chi connectivity index (χ4v) is 2.65. The largest absolute Gasteiger partial charge is 0.385 e. The fourth-order valence-electron chi connectivity index (χ4n) is 1.59. The molecule has 0 fully saturated rings. The Morgan fingerprint density at radius 3 is 2.76 bits per heavy atom. The van der Waals surface area contributed by atoms with Gasteiger partial charge in [-0.2, -0.15) is 0 Å². The van der Waals surface area contributed by atoms with E-state index in [1.807, 2.05) is 7.05 Å². The van der Waals surface area contributed by atoms with Gasteiger partial charge in [-0.3, -0.25) is 0 Å². The second-order valence-electron chi connectivity index (χ2n) is 4.04. The maximum atomic E-state index is 5.04. The van der Waals surface area contributed by atoms with E-state index in [1.165, 1.54) is 5.56 Å². The Bertz CT molecular complexity index is 345. The molecule has 0 radical (unpaired) electrons. The van der Waals surface area contributed by atoms with Gasteiger partial charge < -0.3 is 10.1 Å². The van der Waals surface area contributed by atoms with Crippen molar-refractivity contribution in [2.75, 3.05) is 31.8 Å². The zero-order valence-electron chi connectivity index (χ0n) is 11.0. The highest BCUT2D eigenvalue weighted by Gasteiger charge is 2.14. The highest BCUT2D eigenvalue weighted by atomic mass is 32.2. The highest BCUT2D eigenvalue weighted by molar-refractivity contribution is 7.99. The Kier molecular flexibility index (Phi) is 6.29. The second-order valence-corrected chi connectivity index (χ2v) is 5.12. The van der Waals surface area contributed by atoms with Gasteiger partial charge in [0, 0.05) is 32.1 Å². The molecule has 1 heterocycles. The minimum absolute atomic E-state index is 0.420. The van der Waals surface area contributed by atoms with Gasteiger partial charge >= 0.3 is 0 Å². The van der Waals surface area contributed by atoms with Gasteiger partial charge in [0.1, 0.15) is 17.2 Å². The van der Waals surface area contributed by atoms with Crippen LogP contribution in [0.1, 0.15) is 31.7 Å². The first kappa shape index (κ1) is 14.3. The maximum absolute atomic E-state index is 5.04. The van der Waals surface area contributed by atoms with Crippen LogP contribution in [0.3, 0.4) is 0 Å². The van der Waals surface area contributed by atoms with Crippen molar-refractivity contribution < 1.29 is 4.74 Å². The number of rotatable bonds is 7. The van der Waals surface area contributed by atoms with Crippen molar-refractivity contribution in [3.8, 4) is 0 Å². The Hall–Kier alpha value is -0.810. The molecule has 17 heavy (non-hydrogen) atoms. The van der Waals surface area contributed by atoms with Crippen molar-refractivity contribution >= 4 is 17.6 Å². The number of methoxy groups -OCH3 is 1. The van der Waals surface area contributed by atoms with E-state index in [1.54, 1.807) is 25.2 Å². The molecular weight excluding hydrogens is 234 g/mol. The topological polar surface area (TPSA) is 47.0 Å². The molecule has 0 aliphatic carbocycles. The van der Waals surface area contributed by atoms with Crippen LogP contribution < -0.4 is 5.32 Å². The Morgan fingerprint density at radius 1 is 1.41 bits per heavy atom. The number of aromatic nitrogens is 2. The van der Waals surface area contributed by atoms with E-state index in [2.05, 4.69) is 29.1 Å². The average molecular weight is 255 g/mol. The van der Waals surface area contributed by atoms with E-state index in [0.717, 1.165) is 29.6 Å². The third kappa shape index (κ3) is 4.16. The zero-order chi connectivity index (χ0) is 12.7. The lowest BCUT2D eigenvalue weighted by atomic mass is 10.1. The molecule has 1 N–H and O–H groups in total. The molecule has 96 valence electrons. The number of hydrogen-bond acceptors (Lipinski definition) is 5. The van der Waals surface area contributed by atoms with Gasteiger partial charge in [0.25, 0.3) is 0 Å². The molecule has 0 bridgehead atoms.